The highest BCUT2D eigenvalue weighted by molar-refractivity contribution is 5.35. The van der Waals surface area contributed by atoms with Crippen molar-refractivity contribution in [1.29, 1.82) is 0 Å². The topological polar surface area (TPSA) is 0 Å². The molecule has 0 aromatic rings. The first-order valence-corrected chi connectivity index (χ1v) is 11.0. The minimum absolute atomic E-state index is 0.00898. The third-order valence-corrected chi connectivity index (χ3v) is 6.34. The highest BCUT2D eigenvalue weighted by Gasteiger charge is 2.25. The molecule has 0 nitrogen and oxygen atoms in total. The van der Waals surface area contributed by atoms with Gasteiger partial charge in [0, 0.05) is 12.0 Å². The summed E-state index contributed by atoms with van der Waals surface area (Å²) in [5.74, 6) is 0.144. The molecule has 0 saturated carbocycles. The average molecular weight is 385 g/mol. The summed E-state index contributed by atoms with van der Waals surface area (Å²) >= 11 is 0. The van der Waals surface area contributed by atoms with E-state index in [1.54, 1.807) is 6.08 Å². The van der Waals surface area contributed by atoms with E-state index in [0.717, 1.165) is 38.5 Å². The first-order chi connectivity index (χ1) is 13.6. The minimum atomic E-state index is -0.322. The molecule has 28 heavy (non-hydrogen) atoms. The lowest BCUT2D eigenvalue weighted by Crippen LogP contribution is -2.11. The molecule has 3 rings (SSSR count). The van der Waals surface area contributed by atoms with Crippen LogP contribution in [0.4, 0.5) is 8.78 Å². The van der Waals surface area contributed by atoms with Gasteiger partial charge in [-0.25, -0.2) is 8.78 Å². The second-order valence-corrected chi connectivity index (χ2v) is 8.64. The van der Waals surface area contributed by atoms with Gasteiger partial charge in [0.1, 0.15) is 11.7 Å². The van der Waals surface area contributed by atoms with Crippen molar-refractivity contribution in [3.05, 3.63) is 70.9 Å². The molecule has 0 radical (unpaired) electrons. The largest absolute Gasteiger partial charge is 0.211 e. The Balaban J connectivity index is 1.51. The number of rotatable bonds is 8. The lowest BCUT2D eigenvalue weighted by atomic mass is 9.82. The quantitative estimate of drug-likeness (QED) is 0.393. The van der Waals surface area contributed by atoms with Crippen LogP contribution in [0.1, 0.15) is 71.6 Å². The number of hydrogen-bond acceptors (Lipinski definition) is 0. The molecule has 0 spiro atoms. The molecule has 1 unspecified atom stereocenters. The summed E-state index contributed by atoms with van der Waals surface area (Å²) in [6, 6.07) is 0. The number of halogens is 2. The summed E-state index contributed by atoms with van der Waals surface area (Å²) in [5, 5.41) is 0. The zero-order valence-electron chi connectivity index (χ0n) is 17.4. The van der Waals surface area contributed by atoms with E-state index in [0.29, 0.717) is 24.3 Å². The molecule has 0 heterocycles. The van der Waals surface area contributed by atoms with E-state index in [-0.39, 0.29) is 23.5 Å². The molecule has 0 N–H and O–H groups in total. The van der Waals surface area contributed by atoms with E-state index >= 15 is 0 Å². The van der Waals surface area contributed by atoms with E-state index in [1.807, 2.05) is 0 Å². The Hall–Kier alpha value is -1.70. The van der Waals surface area contributed by atoms with Crippen LogP contribution in [0.15, 0.2) is 70.9 Å². The predicted octanol–water partition coefficient (Wildman–Crippen LogP) is 8.47. The van der Waals surface area contributed by atoms with Crippen molar-refractivity contribution in [3.63, 3.8) is 0 Å². The van der Waals surface area contributed by atoms with Gasteiger partial charge in [-0.3, -0.25) is 0 Å². The van der Waals surface area contributed by atoms with Crippen LogP contribution in [-0.4, -0.2) is 0 Å². The highest BCUT2D eigenvalue weighted by Crippen LogP contribution is 2.39. The standard InChI is InChI=1S/C26H34F2/c1-3-7-20-10-12-21(13-11-20)14-15-22-17-25(27)24(26(28)18-22)16-19(2)23-8-5-4-6-9-23/h4-5,8,10-12,17,19,21-22H,3,6-7,9,13-16,18H2,1-2H3/t19-,21?,22-/m1/s1. The van der Waals surface area contributed by atoms with Gasteiger partial charge in [0.2, 0.25) is 0 Å². The van der Waals surface area contributed by atoms with Crippen molar-refractivity contribution in [2.75, 3.05) is 0 Å². The SMILES string of the molecule is CCCC1=CCC(CC[C@@H]2C=C(F)C(C[C@@H](C)C3=CC=CCC3)=C(F)C2)C=C1. The van der Waals surface area contributed by atoms with Gasteiger partial charge in [0.25, 0.3) is 0 Å². The minimum Gasteiger partial charge on any atom is -0.211 e. The lowest BCUT2D eigenvalue weighted by molar-refractivity contribution is 0.417. The highest BCUT2D eigenvalue weighted by atomic mass is 19.1. The zero-order chi connectivity index (χ0) is 19.9. The van der Waals surface area contributed by atoms with E-state index in [2.05, 4.69) is 50.3 Å². The second kappa shape index (κ2) is 10.2. The molecule has 2 heteroatoms. The van der Waals surface area contributed by atoms with Crippen LogP contribution < -0.4 is 0 Å². The molecule has 0 aromatic carbocycles. The molecule has 3 aliphatic rings. The maximum Gasteiger partial charge on any atom is 0.125 e. The summed E-state index contributed by atoms with van der Waals surface area (Å²) in [6.45, 7) is 4.28. The van der Waals surface area contributed by atoms with Crippen molar-refractivity contribution in [2.45, 2.75) is 71.6 Å². The Kier molecular flexibility index (Phi) is 7.65. The van der Waals surface area contributed by atoms with Crippen molar-refractivity contribution < 1.29 is 8.78 Å². The van der Waals surface area contributed by atoms with E-state index in [4.69, 9.17) is 0 Å². The van der Waals surface area contributed by atoms with Crippen LogP contribution in [0.3, 0.4) is 0 Å². The maximum absolute atomic E-state index is 14.7. The van der Waals surface area contributed by atoms with Crippen LogP contribution in [0.25, 0.3) is 0 Å². The lowest BCUT2D eigenvalue weighted by Gasteiger charge is -2.24. The predicted molar refractivity (Wildman–Crippen MR) is 115 cm³/mol. The Labute approximate surface area is 169 Å². The smallest absolute Gasteiger partial charge is 0.125 e. The second-order valence-electron chi connectivity index (χ2n) is 8.64. The van der Waals surface area contributed by atoms with E-state index in [9.17, 15) is 8.78 Å². The molecule has 0 saturated heterocycles. The van der Waals surface area contributed by atoms with Gasteiger partial charge in [-0.2, -0.15) is 0 Å². The normalized spacial score (nSPS) is 26.1. The fourth-order valence-corrected chi connectivity index (χ4v) is 4.54. The van der Waals surface area contributed by atoms with Crippen LogP contribution in [0, 0.1) is 17.8 Å². The Morgan fingerprint density at radius 1 is 1.18 bits per heavy atom. The summed E-state index contributed by atoms with van der Waals surface area (Å²) < 4.78 is 29.4. The molecule has 0 aliphatic heterocycles. The molecular formula is C26H34F2. The average Bonchev–Trinajstić information content (AvgIpc) is 2.71. The van der Waals surface area contributed by atoms with Gasteiger partial charge in [0.05, 0.1) is 0 Å². The Morgan fingerprint density at radius 3 is 2.64 bits per heavy atom. The fraction of sp³-hybridized carbons (Fsp3) is 0.538. The van der Waals surface area contributed by atoms with Crippen LogP contribution in [-0.2, 0) is 0 Å². The zero-order valence-corrected chi connectivity index (χ0v) is 17.4. The number of hydrogen-bond donors (Lipinski definition) is 0. The molecule has 0 bridgehead atoms. The van der Waals surface area contributed by atoms with Gasteiger partial charge in [-0.15, -0.1) is 0 Å². The van der Waals surface area contributed by atoms with Crippen LogP contribution >= 0.6 is 0 Å². The van der Waals surface area contributed by atoms with Gasteiger partial charge in [-0.05, 0) is 68.8 Å². The van der Waals surface area contributed by atoms with E-state index < -0.39 is 0 Å². The molecular weight excluding hydrogens is 350 g/mol. The fourth-order valence-electron chi connectivity index (χ4n) is 4.54. The molecule has 3 aliphatic carbocycles. The molecule has 3 atom stereocenters. The third-order valence-electron chi connectivity index (χ3n) is 6.34. The summed E-state index contributed by atoms with van der Waals surface area (Å²) in [5.41, 5.74) is 3.04. The van der Waals surface area contributed by atoms with Crippen LogP contribution in [0.5, 0.6) is 0 Å². The van der Waals surface area contributed by atoms with Gasteiger partial charge < -0.3 is 0 Å². The summed E-state index contributed by atoms with van der Waals surface area (Å²) in [7, 11) is 0. The van der Waals surface area contributed by atoms with Gasteiger partial charge in [-0.1, -0.05) is 67.9 Å². The molecule has 0 aromatic heterocycles. The number of allylic oxidation sites excluding steroid dienone is 12. The first-order valence-electron chi connectivity index (χ1n) is 11.0. The van der Waals surface area contributed by atoms with E-state index in [1.165, 1.54) is 17.6 Å². The van der Waals surface area contributed by atoms with Crippen molar-refractivity contribution >= 4 is 0 Å². The molecule has 152 valence electrons. The van der Waals surface area contributed by atoms with Gasteiger partial charge in [0.15, 0.2) is 0 Å². The van der Waals surface area contributed by atoms with Crippen molar-refractivity contribution in [3.8, 4) is 0 Å². The first kappa shape index (κ1) is 21.0. The van der Waals surface area contributed by atoms with Crippen molar-refractivity contribution in [2.24, 2.45) is 17.8 Å². The molecule has 0 amide bonds. The summed E-state index contributed by atoms with van der Waals surface area (Å²) in [4.78, 5) is 0. The van der Waals surface area contributed by atoms with Crippen molar-refractivity contribution in [1.82, 2.24) is 0 Å². The third kappa shape index (κ3) is 5.65. The van der Waals surface area contributed by atoms with Gasteiger partial charge >= 0.3 is 0 Å². The Bertz CT molecular complexity index is 730. The monoisotopic (exact) mass is 384 g/mol. The molecule has 0 fully saturated rings. The summed E-state index contributed by atoms with van der Waals surface area (Å²) in [6.07, 6.45) is 23.0. The Morgan fingerprint density at radius 2 is 2.00 bits per heavy atom. The maximum atomic E-state index is 14.7. The van der Waals surface area contributed by atoms with Crippen LogP contribution in [0.2, 0.25) is 0 Å².